The van der Waals surface area contributed by atoms with Crippen molar-refractivity contribution in [2.24, 2.45) is 13.0 Å². The molecule has 11 nitrogen and oxygen atoms in total. The number of hydrogen-bond acceptors (Lipinski definition) is 7. The quantitative estimate of drug-likeness (QED) is 0.434. The molecule has 38 heavy (non-hydrogen) atoms. The number of carbonyl (C=O) groups excluding carboxylic acids is 3. The smallest absolute Gasteiger partial charge is 0.303 e. The highest BCUT2D eigenvalue weighted by Gasteiger charge is 2.25. The number of fused-ring (bicyclic) bond motifs is 1. The molecule has 1 aromatic carbocycles. The van der Waals surface area contributed by atoms with Gasteiger partial charge < -0.3 is 24.7 Å². The zero-order valence-electron chi connectivity index (χ0n) is 22.0. The van der Waals surface area contributed by atoms with Crippen LogP contribution in [0.25, 0.3) is 10.9 Å². The van der Waals surface area contributed by atoms with Crippen molar-refractivity contribution >= 4 is 34.4 Å². The Balaban J connectivity index is 1.41. The third-order valence-corrected chi connectivity index (χ3v) is 6.93. The maximum Gasteiger partial charge on any atom is 0.303 e. The summed E-state index contributed by atoms with van der Waals surface area (Å²) in [5, 5.41) is 11.1. The van der Waals surface area contributed by atoms with Crippen LogP contribution in [0.2, 0.25) is 0 Å². The highest BCUT2D eigenvalue weighted by atomic mass is 16.5. The highest BCUT2D eigenvalue weighted by molar-refractivity contribution is 6.08. The van der Waals surface area contributed by atoms with Crippen LogP contribution in [0.15, 0.2) is 41.5 Å². The molecule has 0 spiro atoms. The van der Waals surface area contributed by atoms with E-state index in [1.165, 1.54) is 18.6 Å². The summed E-state index contributed by atoms with van der Waals surface area (Å²) in [7, 11) is 3.11. The topological polar surface area (TPSA) is 134 Å². The number of ether oxygens (including phenoxy) is 2. The van der Waals surface area contributed by atoms with Gasteiger partial charge in [-0.25, -0.2) is 0 Å². The summed E-state index contributed by atoms with van der Waals surface area (Å²) in [5.74, 6) is -0.499. The monoisotopic (exact) mass is 523 g/mol. The fourth-order valence-corrected chi connectivity index (χ4v) is 4.79. The summed E-state index contributed by atoms with van der Waals surface area (Å²) in [6, 6.07) is 6.91. The second-order valence-corrected chi connectivity index (χ2v) is 9.68. The number of methoxy groups -OCH3 is 1. The van der Waals surface area contributed by atoms with E-state index >= 15 is 0 Å². The first-order valence-electron chi connectivity index (χ1n) is 12.6. The Morgan fingerprint density at radius 1 is 1.18 bits per heavy atom. The van der Waals surface area contributed by atoms with Crippen LogP contribution in [-0.4, -0.2) is 51.9 Å². The van der Waals surface area contributed by atoms with Gasteiger partial charge in [0.25, 0.3) is 17.4 Å². The van der Waals surface area contributed by atoms with Gasteiger partial charge in [-0.15, -0.1) is 0 Å². The maximum atomic E-state index is 13.0. The molecule has 0 unspecified atom stereocenters. The number of aryl methyl sites for hydroxylation is 1. The van der Waals surface area contributed by atoms with Gasteiger partial charge in [-0.05, 0) is 56.7 Å². The van der Waals surface area contributed by atoms with Crippen LogP contribution in [0.4, 0.5) is 5.69 Å². The average Bonchev–Trinajstić information content (AvgIpc) is 3.32. The SMILES string of the molecule is COc1cc2nn(C3CCC(CNC(=O)[C@@H](C)OC(C)=O)CC3)cc2cc1C(=O)Nc1cccn(C)c1=O. The number of aromatic nitrogens is 3. The molecule has 0 radical (unpaired) electrons. The van der Waals surface area contributed by atoms with E-state index in [-0.39, 0.29) is 23.2 Å². The molecule has 2 heterocycles. The summed E-state index contributed by atoms with van der Waals surface area (Å²) >= 11 is 0. The molecule has 1 aliphatic rings. The lowest BCUT2D eigenvalue weighted by atomic mass is 9.86. The minimum absolute atomic E-state index is 0.187. The standard InChI is InChI=1S/C27H33N5O6/c1-16(38-17(2)33)25(34)28-14-18-7-9-20(10-8-18)32-15-19-12-21(24(37-4)13-23(19)30-32)26(35)29-22-6-5-11-31(3)27(22)36/h5-6,11-13,15-16,18,20H,7-10,14H2,1-4H3,(H,28,34)(H,29,35)/t16-,18?,20?/m1/s1. The fraction of sp³-hybridized carbons (Fsp3) is 0.444. The predicted molar refractivity (Wildman–Crippen MR) is 141 cm³/mol. The number of esters is 1. The molecule has 202 valence electrons. The van der Waals surface area contributed by atoms with E-state index in [1.807, 2.05) is 10.9 Å². The Morgan fingerprint density at radius 2 is 1.92 bits per heavy atom. The van der Waals surface area contributed by atoms with Crippen molar-refractivity contribution in [2.75, 3.05) is 19.0 Å². The largest absolute Gasteiger partial charge is 0.496 e. The summed E-state index contributed by atoms with van der Waals surface area (Å²) in [4.78, 5) is 48.5. The Bertz CT molecular complexity index is 1400. The third kappa shape index (κ3) is 6.04. The third-order valence-electron chi connectivity index (χ3n) is 6.93. The Hall–Kier alpha value is -4.15. The lowest BCUT2D eigenvalue weighted by molar-refractivity contribution is -0.152. The number of amides is 2. The molecule has 1 atom stereocenters. The zero-order valence-corrected chi connectivity index (χ0v) is 22.0. The summed E-state index contributed by atoms with van der Waals surface area (Å²) in [6.07, 6.45) is 6.39. The molecule has 1 aliphatic carbocycles. The second kappa shape index (κ2) is 11.5. The molecule has 0 aliphatic heterocycles. The van der Waals surface area contributed by atoms with Gasteiger partial charge in [0.05, 0.1) is 24.2 Å². The van der Waals surface area contributed by atoms with Crippen LogP contribution in [0, 0.1) is 5.92 Å². The number of nitrogens with zero attached hydrogens (tertiary/aromatic N) is 3. The first kappa shape index (κ1) is 26.9. The molecular formula is C27H33N5O6. The van der Waals surface area contributed by atoms with Gasteiger partial charge in [-0.2, -0.15) is 5.10 Å². The van der Waals surface area contributed by atoms with Crippen molar-refractivity contribution in [1.82, 2.24) is 19.7 Å². The minimum atomic E-state index is -0.803. The summed E-state index contributed by atoms with van der Waals surface area (Å²) in [5.41, 5.74) is 0.908. The summed E-state index contributed by atoms with van der Waals surface area (Å²) in [6.45, 7) is 3.38. The minimum Gasteiger partial charge on any atom is -0.496 e. The van der Waals surface area contributed by atoms with E-state index in [4.69, 9.17) is 14.6 Å². The molecule has 3 aromatic rings. The van der Waals surface area contributed by atoms with Crippen molar-refractivity contribution in [3.05, 3.63) is 52.6 Å². The normalized spacial score (nSPS) is 18.0. The molecule has 11 heteroatoms. The number of carbonyl (C=O) groups is 3. The van der Waals surface area contributed by atoms with Crippen LogP contribution in [0.1, 0.15) is 55.9 Å². The van der Waals surface area contributed by atoms with Crippen molar-refractivity contribution in [1.29, 1.82) is 0 Å². The molecule has 2 aromatic heterocycles. The predicted octanol–water partition coefficient (Wildman–Crippen LogP) is 2.80. The van der Waals surface area contributed by atoms with E-state index in [1.54, 1.807) is 44.4 Å². The number of anilines is 1. The van der Waals surface area contributed by atoms with E-state index in [2.05, 4.69) is 10.6 Å². The van der Waals surface area contributed by atoms with Crippen LogP contribution >= 0.6 is 0 Å². The first-order chi connectivity index (χ1) is 18.2. The number of hydrogen-bond donors (Lipinski definition) is 2. The highest BCUT2D eigenvalue weighted by Crippen LogP contribution is 2.33. The van der Waals surface area contributed by atoms with Crippen LogP contribution in [-0.2, 0) is 21.4 Å². The van der Waals surface area contributed by atoms with Crippen molar-refractivity contribution in [3.63, 3.8) is 0 Å². The van der Waals surface area contributed by atoms with Crippen LogP contribution < -0.4 is 20.9 Å². The molecule has 0 bridgehead atoms. The van der Waals surface area contributed by atoms with E-state index in [0.29, 0.717) is 29.3 Å². The number of benzene rings is 1. The molecule has 2 N–H and O–H groups in total. The van der Waals surface area contributed by atoms with Crippen molar-refractivity contribution in [2.45, 2.75) is 51.7 Å². The lowest BCUT2D eigenvalue weighted by Crippen LogP contribution is -2.38. The Kier molecular flexibility index (Phi) is 8.13. The van der Waals surface area contributed by atoms with Gasteiger partial charge in [0.1, 0.15) is 11.4 Å². The first-order valence-corrected chi connectivity index (χ1v) is 12.6. The van der Waals surface area contributed by atoms with Gasteiger partial charge in [0.2, 0.25) is 0 Å². The van der Waals surface area contributed by atoms with Crippen LogP contribution in [0.5, 0.6) is 5.75 Å². The van der Waals surface area contributed by atoms with E-state index < -0.39 is 18.0 Å². The molecule has 1 saturated carbocycles. The maximum absolute atomic E-state index is 13.0. The van der Waals surface area contributed by atoms with E-state index in [0.717, 1.165) is 31.1 Å². The zero-order chi connectivity index (χ0) is 27.4. The van der Waals surface area contributed by atoms with Gasteiger partial charge in [0, 0.05) is 44.4 Å². The summed E-state index contributed by atoms with van der Waals surface area (Å²) < 4.78 is 13.7. The average molecular weight is 524 g/mol. The molecular weight excluding hydrogens is 490 g/mol. The van der Waals surface area contributed by atoms with Crippen molar-refractivity contribution < 1.29 is 23.9 Å². The molecule has 2 amide bonds. The number of pyridine rings is 1. The lowest BCUT2D eigenvalue weighted by Gasteiger charge is -2.29. The van der Waals surface area contributed by atoms with Gasteiger partial charge in [0.15, 0.2) is 6.10 Å². The Morgan fingerprint density at radius 3 is 2.61 bits per heavy atom. The van der Waals surface area contributed by atoms with Crippen LogP contribution in [0.3, 0.4) is 0 Å². The second-order valence-electron chi connectivity index (χ2n) is 9.68. The molecule has 0 saturated heterocycles. The molecule has 1 fully saturated rings. The Labute approximate surface area is 220 Å². The van der Waals surface area contributed by atoms with Gasteiger partial charge in [-0.1, -0.05) is 0 Å². The fourth-order valence-electron chi connectivity index (χ4n) is 4.79. The van der Waals surface area contributed by atoms with Crippen molar-refractivity contribution in [3.8, 4) is 5.75 Å². The number of nitrogens with one attached hydrogen (secondary N) is 2. The molecule has 4 rings (SSSR count). The van der Waals surface area contributed by atoms with Gasteiger partial charge in [-0.3, -0.25) is 23.9 Å². The van der Waals surface area contributed by atoms with E-state index in [9.17, 15) is 19.2 Å². The number of rotatable bonds is 8. The van der Waals surface area contributed by atoms with Gasteiger partial charge >= 0.3 is 5.97 Å².